The molecule has 29 heavy (non-hydrogen) atoms. The molecular formula is C23H37N5O. The molecule has 3 rings (SSSR count). The molecule has 160 valence electrons. The van der Waals surface area contributed by atoms with E-state index in [1.54, 1.807) is 0 Å². The van der Waals surface area contributed by atoms with Crippen LogP contribution < -0.4 is 5.32 Å². The van der Waals surface area contributed by atoms with E-state index in [4.69, 9.17) is 4.99 Å². The first-order chi connectivity index (χ1) is 14.2. The summed E-state index contributed by atoms with van der Waals surface area (Å²) in [7, 11) is 0. The Hall–Kier alpha value is -2.08. The molecule has 2 fully saturated rings. The van der Waals surface area contributed by atoms with Crippen LogP contribution in [0.2, 0.25) is 0 Å². The zero-order valence-corrected chi connectivity index (χ0v) is 18.1. The Morgan fingerprint density at radius 2 is 1.86 bits per heavy atom. The summed E-state index contributed by atoms with van der Waals surface area (Å²) in [5, 5.41) is 3.46. The van der Waals surface area contributed by atoms with Gasteiger partial charge in [-0.05, 0) is 31.7 Å². The minimum atomic E-state index is 0.306. The fourth-order valence-electron chi connectivity index (χ4n) is 4.44. The summed E-state index contributed by atoms with van der Waals surface area (Å²) < 4.78 is 0. The Balaban J connectivity index is 1.50. The first kappa shape index (κ1) is 21.6. The number of amides is 1. The first-order valence-electron chi connectivity index (χ1n) is 11.3. The monoisotopic (exact) mass is 399 g/mol. The molecule has 1 aromatic rings. The SMILES string of the molecule is CCNC(=NCCCN1CCCC1=O)N1CCN(C(CC)c2ccccc2)CC1. The zero-order valence-electron chi connectivity index (χ0n) is 18.1. The maximum atomic E-state index is 11.7. The van der Waals surface area contributed by atoms with Crippen molar-refractivity contribution in [3.8, 4) is 0 Å². The van der Waals surface area contributed by atoms with Crippen LogP contribution in [0.5, 0.6) is 0 Å². The van der Waals surface area contributed by atoms with Gasteiger partial charge < -0.3 is 15.1 Å². The van der Waals surface area contributed by atoms with E-state index in [1.807, 2.05) is 4.90 Å². The van der Waals surface area contributed by atoms with Gasteiger partial charge in [0.15, 0.2) is 5.96 Å². The number of benzene rings is 1. The molecular weight excluding hydrogens is 362 g/mol. The van der Waals surface area contributed by atoms with Gasteiger partial charge in [0.05, 0.1) is 0 Å². The molecule has 2 saturated heterocycles. The highest BCUT2D eigenvalue weighted by atomic mass is 16.2. The number of carbonyl (C=O) groups is 1. The highest BCUT2D eigenvalue weighted by Gasteiger charge is 2.25. The summed E-state index contributed by atoms with van der Waals surface area (Å²) in [5.41, 5.74) is 1.42. The number of hydrogen-bond donors (Lipinski definition) is 1. The Labute approximate surface area is 176 Å². The Kier molecular flexibility index (Phi) is 8.35. The summed E-state index contributed by atoms with van der Waals surface area (Å²) in [6.45, 7) is 11.9. The molecule has 0 spiro atoms. The van der Waals surface area contributed by atoms with Gasteiger partial charge in [-0.2, -0.15) is 0 Å². The van der Waals surface area contributed by atoms with Crippen molar-refractivity contribution >= 4 is 11.9 Å². The van der Waals surface area contributed by atoms with Gasteiger partial charge in [0, 0.05) is 64.8 Å². The smallest absolute Gasteiger partial charge is 0.222 e. The third-order valence-electron chi connectivity index (χ3n) is 5.98. The van der Waals surface area contributed by atoms with Gasteiger partial charge in [0.1, 0.15) is 0 Å². The second-order valence-corrected chi connectivity index (χ2v) is 7.93. The number of hydrogen-bond acceptors (Lipinski definition) is 3. The number of likely N-dealkylation sites (tertiary alicyclic amines) is 1. The molecule has 1 N–H and O–H groups in total. The summed E-state index contributed by atoms with van der Waals surface area (Å²) >= 11 is 0. The molecule has 1 unspecified atom stereocenters. The van der Waals surface area contributed by atoms with Crippen molar-refractivity contribution < 1.29 is 4.79 Å². The second kappa shape index (κ2) is 11.2. The van der Waals surface area contributed by atoms with Gasteiger partial charge >= 0.3 is 0 Å². The summed E-state index contributed by atoms with van der Waals surface area (Å²) in [4.78, 5) is 23.6. The average Bonchev–Trinajstić information content (AvgIpc) is 3.17. The molecule has 2 heterocycles. The molecule has 6 heteroatoms. The quantitative estimate of drug-likeness (QED) is 0.415. The fraction of sp³-hybridized carbons (Fsp3) is 0.652. The number of carbonyl (C=O) groups excluding carboxylic acids is 1. The normalized spacial score (nSPS) is 19.7. The van der Waals surface area contributed by atoms with Gasteiger partial charge in [0.25, 0.3) is 0 Å². The maximum Gasteiger partial charge on any atom is 0.222 e. The van der Waals surface area contributed by atoms with Crippen molar-refractivity contribution in [1.29, 1.82) is 0 Å². The van der Waals surface area contributed by atoms with Crippen LogP contribution in [-0.2, 0) is 4.79 Å². The lowest BCUT2D eigenvalue weighted by atomic mass is 10.0. The molecule has 0 aromatic heterocycles. The van der Waals surface area contributed by atoms with Crippen molar-refractivity contribution in [2.24, 2.45) is 4.99 Å². The lowest BCUT2D eigenvalue weighted by Crippen LogP contribution is -2.53. The third-order valence-corrected chi connectivity index (χ3v) is 5.98. The van der Waals surface area contributed by atoms with E-state index in [9.17, 15) is 4.79 Å². The van der Waals surface area contributed by atoms with Crippen LogP contribution in [-0.4, -0.2) is 78.9 Å². The largest absolute Gasteiger partial charge is 0.357 e. The van der Waals surface area contributed by atoms with Crippen LogP contribution in [0.15, 0.2) is 35.3 Å². The minimum Gasteiger partial charge on any atom is -0.357 e. The number of rotatable bonds is 8. The minimum absolute atomic E-state index is 0.306. The number of aliphatic imine (C=N–C) groups is 1. The molecule has 6 nitrogen and oxygen atoms in total. The molecule has 2 aliphatic heterocycles. The standard InChI is InChI=1S/C23H37N5O/c1-3-21(20-10-6-5-7-11-20)26-16-18-28(19-17-26)23(24-4-2)25-13-9-15-27-14-8-12-22(27)29/h5-7,10-11,21H,3-4,8-9,12-19H2,1-2H3,(H,24,25). The average molecular weight is 400 g/mol. The van der Waals surface area contributed by atoms with Crippen LogP contribution in [0.3, 0.4) is 0 Å². The molecule has 2 aliphatic rings. The van der Waals surface area contributed by atoms with Gasteiger partial charge in [-0.15, -0.1) is 0 Å². The van der Waals surface area contributed by atoms with E-state index in [0.717, 1.165) is 84.0 Å². The lowest BCUT2D eigenvalue weighted by Gasteiger charge is -2.40. The van der Waals surface area contributed by atoms with Crippen LogP contribution in [0.1, 0.15) is 51.1 Å². The van der Waals surface area contributed by atoms with E-state index in [1.165, 1.54) is 5.56 Å². The zero-order chi connectivity index (χ0) is 20.5. The fourth-order valence-corrected chi connectivity index (χ4v) is 4.44. The van der Waals surface area contributed by atoms with Crippen LogP contribution in [0.25, 0.3) is 0 Å². The Morgan fingerprint density at radius 3 is 2.48 bits per heavy atom. The number of nitrogens with zero attached hydrogens (tertiary/aromatic N) is 4. The third kappa shape index (κ3) is 5.95. The highest BCUT2D eigenvalue weighted by Crippen LogP contribution is 2.25. The molecule has 1 aromatic carbocycles. The van der Waals surface area contributed by atoms with Crippen molar-refractivity contribution in [2.45, 2.75) is 45.6 Å². The number of nitrogens with one attached hydrogen (secondary N) is 1. The van der Waals surface area contributed by atoms with Crippen molar-refractivity contribution in [2.75, 3.05) is 52.4 Å². The number of piperazine rings is 1. The van der Waals surface area contributed by atoms with E-state index < -0.39 is 0 Å². The number of guanidine groups is 1. The van der Waals surface area contributed by atoms with Crippen molar-refractivity contribution in [3.63, 3.8) is 0 Å². The predicted molar refractivity (Wildman–Crippen MR) is 119 cm³/mol. The second-order valence-electron chi connectivity index (χ2n) is 7.93. The highest BCUT2D eigenvalue weighted by molar-refractivity contribution is 5.80. The van der Waals surface area contributed by atoms with Crippen molar-refractivity contribution in [3.05, 3.63) is 35.9 Å². The molecule has 0 aliphatic carbocycles. The van der Waals surface area contributed by atoms with E-state index in [-0.39, 0.29) is 0 Å². The van der Waals surface area contributed by atoms with Crippen molar-refractivity contribution in [1.82, 2.24) is 20.0 Å². The summed E-state index contributed by atoms with van der Waals surface area (Å²) in [5.74, 6) is 1.33. The van der Waals surface area contributed by atoms with Gasteiger partial charge in [0.2, 0.25) is 5.91 Å². The molecule has 1 amide bonds. The molecule has 0 radical (unpaired) electrons. The topological polar surface area (TPSA) is 51.2 Å². The Morgan fingerprint density at radius 1 is 1.10 bits per heavy atom. The lowest BCUT2D eigenvalue weighted by molar-refractivity contribution is -0.127. The summed E-state index contributed by atoms with van der Waals surface area (Å²) in [6.07, 6.45) is 3.80. The van der Waals surface area contributed by atoms with Crippen LogP contribution in [0, 0.1) is 0 Å². The summed E-state index contributed by atoms with van der Waals surface area (Å²) in [6, 6.07) is 11.4. The van der Waals surface area contributed by atoms with Gasteiger partial charge in [-0.1, -0.05) is 37.3 Å². The van der Waals surface area contributed by atoms with E-state index >= 15 is 0 Å². The first-order valence-corrected chi connectivity index (χ1v) is 11.3. The van der Waals surface area contributed by atoms with Gasteiger partial charge in [-0.25, -0.2) is 0 Å². The molecule has 0 saturated carbocycles. The van der Waals surface area contributed by atoms with E-state index in [0.29, 0.717) is 11.9 Å². The van der Waals surface area contributed by atoms with Crippen LogP contribution in [0.4, 0.5) is 0 Å². The molecule has 1 atom stereocenters. The predicted octanol–water partition coefficient (Wildman–Crippen LogP) is 2.73. The molecule has 0 bridgehead atoms. The van der Waals surface area contributed by atoms with Crippen LogP contribution >= 0.6 is 0 Å². The maximum absolute atomic E-state index is 11.7. The van der Waals surface area contributed by atoms with E-state index in [2.05, 4.69) is 59.3 Å². The van der Waals surface area contributed by atoms with Gasteiger partial charge in [-0.3, -0.25) is 14.7 Å². The Bertz CT molecular complexity index is 654.